The number of carbonyl (C=O) groups is 3. The van der Waals surface area contributed by atoms with Crippen LogP contribution in [-0.4, -0.2) is 30.5 Å². The van der Waals surface area contributed by atoms with E-state index in [2.05, 4.69) is 21.2 Å². The Balaban J connectivity index is 1.44. The van der Waals surface area contributed by atoms with Crippen LogP contribution in [0, 0.1) is 13.8 Å². The molecule has 3 aromatic carbocycles. The third kappa shape index (κ3) is 7.46. The minimum absolute atomic E-state index is 0.142. The summed E-state index contributed by atoms with van der Waals surface area (Å²) in [6.45, 7) is 3.78. The maximum absolute atomic E-state index is 12.1. The van der Waals surface area contributed by atoms with Crippen LogP contribution >= 0.6 is 11.6 Å². The van der Waals surface area contributed by atoms with E-state index >= 15 is 0 Å². The zero-order valence-electron chi connectivity index (χ0n) is 18.6. The lowest BCUT2D eigenvalue weighted by atomic mass is 10.1. The second-order valence-corrected chi connectivity index (χ2v) is 7.82. The molecule has 0 saturated carbocycles. The van der Waals surface area contributed by atoms with Gasteiger partial charge in [-0.1, -0.05) is 29.8 Å². The summed E-state index contributed by atoms with van der Waals surface area (Å²) in [6, 6.07) is 19.1. The zero-order chi connectivity index (χ0) is 24.5. The molecular weight excluding hydrogens is 456 g/mol. The summed E-state index contributed by atoms with van der Waals surface area (Å²) in [5, 5.41) is 9.29. The van der Waals surface area contributed by atoms with Crippen LogP contribution in [-0.2, 0) is 14.4 Å². The number of anilines is 2. The van der Waals surface area contributed by atoms with E-state index in [0.29, 0.717) is 22.0 Å². The molecule has 0 aliphatic heterocycles. The molecule has 3 amide bonds. The average Bonchev–Trinajstić information content (AvgIpc) is 2.79. The standard InChI is InChI=1S/C25H23ClN4O4/c1-16-11-17(2)13-19(12-16)28-23(31)15-34-20-9-7-18(8-10-20)14-27-30-25(33)24(32)29-22-6-4-3-5-21(22)26/h3-14H,15H2,1-2H3,(H,28,31)(H,29,32)(H,30,33)/b27-14-. The van der Waals surface area contributed by atoms with Gasteiger partial charge in [0.2, 0.25) is 0 Å². The number of rotatable bonds is 7. The van der Waals surface area contributed by atoms with Crippen LogP contribution in [0.1, 0.15) is 16.7 Å². The molecule has 0 bridgehead atoms. The van der Waals surface area contributed by atoms with Crippen molar-refractivity contribution in [3.63, 3.8) is 0 Å². The van der Waals surface area contributed by atoms with Gasteiger partial charge in [0.25, 0.3) is 5.91 Å². The molecule has 3 aromatic rings. The number of hydrogen-bond donors (Lipinski definition) is 3. The van der Waals surface area contributed by atoms with E-state index in [-0.39, 0.29) is 12.5 Å². The molecule has 0 unspecified atom stereocenters. The largest absolute Gasteiger partial charge is 0.484 e. The lowest BCUT2D eigenvalue weighted by Crippen LogP contribution is -2.32. The summed E-state index contributed by atoms with van der Waals surface area (Å²) in [5.74, 6) is -1.61. The van der Waals surface area contributed by atoms with Gasteiger partial charge in [0.1, 0.15) is 5.75 Å². The van der Waals surface area contributed by atoms with E-state index in [0.717, 1.165) is 16.8 Å². The fourth-order valence-corrected chi connectivity index (χ4v) is 3.18. The molecule has 0 aliphatic carbocycles. The van der Waals surface area contributed by atoms with Crippen LogP contribution < -0.4 is 20.8 Å². The number of nitrogens with zero attached hydrogens (tertiary/aromatic N) is 1. The first kappa shape index (κ1) is 24.5. The topological polar surface area (TPSA) is 109 Å². The molecule has 8 nitrogen and oxygen atoms in total. The first-order chi connectivity index (χ1) is 16.3. The minimum atomic E-state index is -0.939. The van der Waals surface area contributed by atoms with Crippen molar-refractivity contribution in [2.24, 2.45) is 5.10 Å². The van der Waals surface area contributed by atoms with Gasteiger partial charge in [-0.2, -0.15) is 5.10 Å². The number of hydrogen-bond acceptors (Lipinski definition) is 5. The van der Waals surface area contributed by atoms with Gasteiger partial charge in [0.15, 0.2) is 6.61 Å². The molecule has 34 heavy (non-hydrogen) atoms. The third-order valence-electron chi connectivity index (χ3n) is 4.46. The summed E-state index contributed by atoms with van der Waals surface area (Å²) in [4.78, 5) is 35.9. The molecule has 9 heteroatoms. The van der Waals surface area contributed by atoms with Gasteiger partial charge in [0, 0.05) is 5.69 Å². The maximum Gasteiger partial charge on any atom is 0.329 e. The van der Waals surface area contributed by atoms with Crippen LogP contribution in [0.15, 0.2) is 71.8 Å². The zero-order valence-corrected chi connectivity index (χ0v) is 19.3. The highest BCUT2D eigenvalue weighted by Gasteiger charge is 2.14. The third-order valence-corrected chi connectivity index (χ3v) is 4.79. The Morgan fingerprint density at radius 2 is 1.59 bits per heavy atom. The van der Waals surface area contributed by atoms with Gasteiger partial charge in [-0.15, -0.1) is 0 Å². The number of benzene rings is 3. The van der Waals surface area contributed by atoms with Crippen LogP contribution in [0.3, 0.4) is 0 Å². The molecule has 174 valence electrons. The summed E-state index contributed by atoms with van der Waals surface area (Å²) >= 11 is 5.95. The van der Waals surface area contributed by atoms with Crippen molar-refractivity contribution in [2.75, 3.05) is 17.2 Å². The Morgan fingerprint density at radius 1 is 0.912 bits per heavy atom. The SMILES string of the molecule is Cc1cc(C)cc(NC(=O)COc2ccc(/C=N\NC(=O)C(=O)Nc3ccccc3Cl)cc2)c1. The van der Waals surface area contributed by atoms with Crippen molar-refractivity contribution < 1.29 is 19.1 Å². The summed E-state index contributed by atoms with van der Waals surface area (Å²) in [7, 11) is 0. The number of halogens is 1. The number of para-hydroxylation sites is 1. The molecule has 3 N–H and O–H groups in total. The molecule has 0 atom stereocenters. The van der Waals surface area contributed by atoms with E-state index in [9.17, 15) is 14.4 Å². The second-order valence-electron chi connectivity index (χ2n) is 7.42. The molecule has 3 rings (SSSR count). The highest BCUT2D eigenvalue weighted by Crippen LogP contribution is 2.20. The molecule has 0 saturated heterocycles. The van der Waals surface area contributed by atoms with Crippen LogP contribution in [0.5, 0.6) is 5.75 Å². The van der Waals surface area contributed by atoms with Crippen molar-refractivity contribution in [1.29, 1.82) is 0 Å². The Hall–Kier alpha value is -4.17. The van der Waals surface area contributed by atoms with Gasteiger partial charge in [0.05, 0.1) is 16.9 Å². The predicted molar refractivity (Wildman–Crippen MR) is 132 cm³/mol. The lowest BCUT2D eigenvalue weighted by Gasteiger charge is -2.09. The fourth-order valence-electron chi connectivity index (χ4n) is 3.00. The van der Waals surface area contributed by atoms with Gasteiger partial charge in [-0.25, -0.2) is 5.43 Å². The quantitative estimate of drug-likeness (QED) is 0.270. The van der Waals surface area contributed by atoms with E-state index < -0.39 is 11.8 Å². The van der Waals surface area contributed by atoms with E-state index in [1.165, 1.54) is 6.21 Å². The molecule has 0 fully saturated rings. The van der Waals surface area contributed by atoms with Gasteiger partial charge < -0.3 is 15.4 Å². The number of aryl methyl sites for hydroxylation is 2. The van der Waals surface area contributed by atoms with Crippen molar-refractivity contribution in [3.8, 4) is 5.75 Å². The van der Waals surface area contributed by atoms with Gasteiger partial charge in [-0.05, 0) is 79.1 Å². The van der Waals surface area contributed by atoms with Crippen molar-refractivity contribution in [1.82, 2.24) is 5.43 Å². The summed E-state index contributed by atoms with van der Waals surface area (Å²) in [5.41, 5.74) is 5.97. The molecule has 0 spiro atoms. The molecule has 0 aromatic heterocycles. The number of ether oxygens (including phenoxy) is 1. The van der Waals surface area contributed by atoms with Gasteiger partial charge in [-0.3, -0.25) is 14.4 Å². The molecular formula is C25H23ClN4O4. The average molecular weight is 479 g/mol. The Labute approximate surface area is 202 Å². The van der Waals surface area contributed by atoms with Gasteiger partial charge >= 0.3 is 11.8 Å². The maximum atomic E-state index is 12.1. The molecule has 0 aliphatic rings. The Morgan fingerprint density at radius 3 is 2.26 bits per heavy atom. The fraction of sp³-hybridized carbons (Fsp3) is 0.120. The summed E-state index contributed by atoms with van der Waals surface area (Å²) in [6.07, 6.45) is 1.37. The monoisotopic (exact) mass is 478 g/mol. The molecule has 0 heterocycles. The van der Waals surface area contributed by atoms with Crippen molar-refractivity contribution in [2.45, 2.75) is 13.8 Å². The van der Waals surface area contributed by atoms with Crippen LogP contribution in [0.25, 0.3) is 0 Å². The van der Waals surface area contributed by atoms with E-state index in [1.807, 2.05) is 32.0 Å². The highest BCUT2D eigenvalue weighted by molar-refractivity contribution is 6.41. The smallest absolute Gasteiger partial charge is 0.329 e. The van der Waals surface area contributed by atoms with Crippen molar-refractivity contribution >= 4 is 46.9 Å². The second kappa shape index (κ2) is 11.6. The highest BCUT2D eigenvalue weighted by atomic mass is 35.5. The number of carbonyl (C=O) groups excluding carboxylic acids is 3. The Kier molecular flexibility index (Phi) is 8.37. The molecule has 0 radical (unpaired) electrons. The lowest BCUT2D eigenvalue weighted by molar-refractivity contribution is -0.136. The first-order valence-corrected chi connectivity index (χ1v) is 10.7. The first-order valence-electron chi connectivity index (χ1n) is 10.3. The normalized spacial score (nSPS) is 10.6. The van der Waals surface area contributed by atoms with E-state index in [1.54, 1.807) is 48.5 Å². The summed E-state index contributed by atoms with van der Waals surface area (Å²) < 4.78 is 5.51. The van der Waals surface area contributed by atoms with Crippen LogP contribution in [0.4, 0.5) is 11.4 Å². The van der Waals surface area contributed by atoms with Crippen LogP contribution in [0.2, 0.25) is 5.02 Å². The van der Waals surface area contributed by atoms with E-state index in [4.69, 9.17) is 16.3 Å². The predicted octanol–water partition coefficient (Wildman–Crippen LogP) is 4.06. The van der Waals surface area contributed by atoms with Crippen molar-refractivity contribution in [3.05, 3.63) is 88.4 Å². The number of hydrazone groups is 1. The minimum Gasteiger partial charge on any atom is -0.484 e. The Bertz CT molecular complexity index is 1210. The number of amides is 3. The number of nitrogens with one attached hydrogen (secondary N) is 3.